The molecule has 0 bridgehead atoms. The number of aliphatic hydroxyl groups excluding tert-OH is 1. The van der Waals surface area contributed by atoms with E-state index in [0.717, 1.165) is 5.39 Å². The summed E-state index contributed by atoms with van der Waals surface area (Å²) in [5.41, 5.74) is 0.0564. The van der Waals surface area contributed by atoms with Crippen LogP contribution in [0.5, 0.6) is 11.5 Å². The van der Waals surface area contributed by atoms with Crippen molar-refractivity contribution in [3.63, 3.8) is 0 Å². The molecule has 0 atom stereocenters. The SMILES string of the molecule is CC1(C)C=Cc2c(C(=O)OCCOCCO)c(O)c3ccccc3c2O1. The second kappa shape index (κ2) is 7.35. The fourth-order valence-electron chi connectivity index (χ4n) is 2.90. The van der Waals surface area contributed by atoms with Gasteiger partial charge in [-0.05, 0) is 19.9 Å². The van der Waals surface area contributed by atoms with Crippen LogP contribution in [0.2, 0.25) is 0 Å². The zero-order valence-electron chi connectivity index (χ0n) is 14.8. The Kier molecular flexibility index (Phi) is 5.15. The van der Waals surface area contributed by atoms with Gasteiger partial charge in [-0.1, -0.05) is 30.3 Å². The largest absolute Gasteiger partial charge is 0.506 e. The van der Waals surface area contributed by atoms with Crippen LogP contribution in [0.4, 0.5) is 0 Å². The molecular weight excluding hydrogens is 336 g/mol. The molecule has 0 fully saturated rings. The molecule has 0 saturated heterocycles. The Balaban J connectivity index is 2.00. The summed E-state index contributed by atoms with van der Waals surface area (Å²) in [5.74, 6) is -0.229. The molecule has 0 aliphatic carbocycles. The quantitative estimate of drug-likeness (QED) is 0.610. The highest BCUT2D eigenvalue weighted by Gasteiger charge is 2.30. The summed E-state index contributed by atoms with van der Waals surface area (Å²) in [6.07, 6.45) is 3.62. The summed E-state index contributed by atoms with van der Waals surface area (Å²) >= 11 is 0. The highest BCUT2D eigenvalue weighted by Crippen LogP contribution is 2.44. The van der Waals surface area contributed by atoms with Crippen LogP contribution < -0.4 is 4.74 Å². The highest BCUT2D eigenvalue weighted by atomic mass is 16.6. The molecule has 6 nitrogen and oxygen atoms in total. The van der Waals surface area contributed by atoms with Gasteiger partial charge in [0.15, 0.2) is 0 Å². The number of carbonyl (C=O) groups is 1. The van der Waals surface area contributed by atoms with Gasteiger partial charge in [-0.25, -0.2) is 4.79 Å². The number of hydrogen-bond acceptors (Lipinski definition) is 6. The third-order valence-corrected chi connectivity index (χ3v) is 4.09. The van der Waals surface area contributed by atoms with Gasteiger partial charge in [-0.2, -0.15) is 0 Å². The van der Waals surface area contributed by atoms with E-state index in [4.69, 9.17) is 19.3 Å². The lowest BCUT2D eigenvalue weighted by atomic mass is 9.93. The number of hydrogen-bond donors (Lipinski definition) is 2. The molecule has 0 aromatic heterocycles. The van der Waals surface area contributed by atoms with Crippen LogP contribution in [0.3, 0.4) is 0 Å². The van der Waals surface area contributed by atoms with Gasteiger partial charge in [-0.15, -0.1) is 0 Å². The fraction of sp³-hybridized carbons (Fsp3) is 0.350. The van der Waals surface area contributed by atoms with Crippen molar-refractivity contribution in [3.8, 4) is 11.5 Å². The van der Waals surface area contributed by atoms with Gasteiger partial charge in [0.25, 0.3) is 0 Å². The average molecular weight is 358 g/mol. The van der Waals surface area contributed by atoms with Crippen molar-refractivity contribution < 1.29 is 29.2 Å². The molecule has 2 aromatic carbocycles. The van der Waals surface area contributed by atoms with E-state index in [9.17, 15) is 9.90 Å². The smallest absolute Gasteiger partial charge is 0.342 e. The van der Waals surface area contributed by atoms with Crippen molar-refractivity contribution >= 4 is 22.8 Å². The highest BCUT2D eigenvalue weighted by molar-refractivity contribution is 6.08. The second-order valence-electron chi connectivity index (χ2n) is 6.52. The third kappa shape index (κ3) is 3.52. The summed E-state index contributed by atoms with van der Waals surface area (Å²) < 4.78 is 16.4. The van der Waals surface area contributed by atoms with E-state index in [1.807, 2.05) is 32.1 Å². The topological polar surface area (TPSA) is 85.2 Å². The van der Waals surface area contributed by atoms with Crippen molar-refractivity contribution in [1.29, 1.82) is 0 Å². The third-order valence-electron chi connectivity index (χ3n) is 4.09. The molecule has 2 N–H and O–H groups in total. The summed E-state index contributed by atoms with van der Waals surface area (Å²) in [5, 5.41) is 20.6. The minimum Gasteiger partial charge on any atom is -0.506 e. The monoisotopic (exact) mass is 358 g/mol. The first-order chi connectivity index (χ1) is 12.4. The number of phenols is 1. The van der Waals surface area contributed by atoms with Crippen molar-refractivity contribution in [2.24, 2.45) is 0 Å². The van der Waals surface area contributed by atoms with E-state index in [2.05, 4.69) is 0 Å². The molecule has 26 heavy (non-hydrogen) atoms. The van der Waals surface area contributed by atoms with Crippen molar-refractivity contribution in [3.05, 3.63) is 41.5 Å². The van der Waals surface area contributed by atoms with Crippen LogP contribution in [0.15, 0.2) is 30.3 Å². The van der Waals surface area contributed by atoms with E-state index in [1.54, 1.807) is 18.2 Å². The number of rotatable bonds is 6. The normalized spacial score (nSPS) is 14.7. The molecule has 6 heteroatoms. The summed E-state index contributed by atoms with van der Waals surface area (Å²) in [6.45, 7) is 4.12. The first-order valence-electron chi connectivity index (χ1n) is 8.46. The zero-order valence-corrected chi connectivity index (χ0v) is 14.8. The molecule has 2 aromatic rings. The maximum atomic E-state index is 12.6. The predicted octanol–water partition coefficient (Wildman–Crippen LogP) is 2.90. The Morgan fingerprint density at radius 3 is 2.62 bits per heavy atom. The lowest BCUT2D eigenvalue weighted by molar-refractivity contribution is 0.0255. The Hall–Kier alpha value is -2.57. The van der Waals surface area contributed by atoms with Crippen molar-refractivity contribution in [2.75, 3.05) is 26.4 Å². The maximum Gasteiger partial charge on any atom is 0.342 e. The Morgan fingerprint density at radius 2 is 1.88 bits per heavy atom. The average Bonchev–Trinajstić information content (AvgIpc) is 2.62. The van der Waals surface area contributed by atoms with Crippen LogP contribution in [0.1, 0.15) is 29.8 Å². The summed E-state index contributed by atoms with van der Waals surface area (Å²) in [4.78, 5) is 12.6. The van der Waals surface area contributed by atoms with Crippen LogP contribution in [-0.2, 0) is 9.47 Å². The Morgan fingerprint density at radius 1 is 1.15 bits per heavy atom. The Bertz CT molecular complexity index is 853. The number of ether oxygens (including phenoxy) is 3. The van der Waals surface area contributed by atoms with E-state index in [0.29, 0.717) is 16.7 Å². The molecule has 1 aliphatic rings. The number of aliphatic hydroxyl groups is 1. The van der Waals surface area contributed by atoms with Gasteiger partial charge in [0.2, 0.25) is 0 Å². The maximum absolute atomic E-state index is 12.6. The zero-order chi connectivity index (χ0) is 18.7. The number of aromatic hydroxyl groups is 1. The van der Waals surface area contributed by atoms with Crippen LogP contribution >= 0.6 is 0 Å². The van der Waals surface area contributed by atoms with E-state index < -0.39 is 11.6 Å². The molecule has 0 saturated carbocycles. The number of benzene rings is 2. The first-order valence-corrected chi connectivity index (χ1v) is 8.46. The number of fused-ring (bicyclic) bond motifs is 3. The van der Waals surface area contributed by atoms with Gasteiger partial charge in [0.05, 0.1) is 19.8 Å². The minimum absolute atomic E-state index is 0.0237. The van der Waals surface area contributed by atoms with Gasteiger partial charge in [0, 0.05) is 16.3 Å². The molecule has 1 aliphatic heterocycles. The summed E-state index contributed by atoms with van der Waals surface area (Å²) in [7, 11) is 0. The first kappa shape index (κ1) is 18.2. The number of phenolic OH excluding ortho intramolecular Hbond substituents is 1. The van der Waals surface area contributed by atoms with Gasteiger partial charge >= 0.3 is 5.97 Å². The van der Waals surface area contributed by atoms with E-state index in [1.165, 1.54) is 0 Å². The van der Waals surface area contributed by atoms with Crippen LogP contribution in [0.25, 0.3) is 16.8 Å². The number of esters is 1. The van der Waals surface area contributed by atoms with Gasteiger partial charge in [-0.3, -0.25) is 0 Å². The molecule has 0 radical (unpaired) electrons. The molecule has 1 heterocycles. The fourth-order valence-corrected chi connectivity index (χ4v) is 2.90. The lowest BCUT2D eigenvalue weighted by Gasteiger charge is -2.30. The van der Waals surface area contributed by atoms with Crippen LogP contribution in [-0.4, -0.2) is 48.2 Å². The van der Waals surface area contributed by atoms with Crippen LogP contribution in [0, 0.1) is 0 Å². The molecule has 0 amide bonds. The van der Waals surface area contributed by atoms with Gasteiger partial charge in [0.1, 0.15) is 29.3 Å². The predicted molar refractivity (Wildman–Crippen MR) is 97.5 cm³/mol. The van der Waals surface area contributed by atoms with E-state index in [-0.39, 0.29) is 37.7 Å². The standard InChI is InChI=1S/C20H22O6/c1-20(2)8-7-15-16(19(23)25-12-11-24-10-9-21)17(22)13-5-3-4-6-14(13)18(15)26-20/h3-8,21-22H,9-12H2,1-2H3. The second-order valence-corrected chi connectivity index (χ2v) is 6.52. The van der Waals surface area contributed by atoms with Crippen molar-refractivity contribution in [1.82, 2.24) is 0 Å². The molecule has 0 unspecified atom stereocenters. The molecule has 0 spiro atoms. The van der Waals surface area contributed by atoms with E-state index >= 15 is 0 Å². The van der Waals surface area contributed by atoms with Gasteiger partial charge < -0.3 is 24.4 Å². The van der Waals surface area contributed by atoms with Crippen molar-refractivity contribution in [2.45, 2.75) is 19.4 Å². The Labute approximate surface area is 151 Å². The lowest BCUT2D eigenvalue weighted by Crippen LogP contribution is -2.28. The summed E-state index contributed by atoms with van der Waals surface area (Å²) in [6, 6.07) is 7.23. The molecule has 3 rings (SSSR count). The number of carbonyl (C=O) groups excluding carboxylic acids is 1. The molecular formula is C20H22O6. The minimum atomic E-state index is -0.648. The molecule has 138 valence electrons.